The minimum Gasteiger partial charge on any atom is -0.494 e. The van der Waals surface area contributed by atoms with Crippen molar-refractivity contribution in [1.82, 2.24) is 9.55 Å². The third-order valence-corrected chi connectivity index (χ3v) is 3.86. The summed E-state index contributed by atoms with van der Waals surface area (Å²) in [7, 11) is 1.58. The minimum atomic E-state index is -0.148. The van der Waals surface area contributed by atoms with Gasteiger partial charge in [-0.15, -0.1) is 0 Å². The molecule has 1 aromatic carbocycles. The van der Waals surface area contributed by atoms with Crippen LogP contribution in [-0.2, 0) is 26.3 Å². The first-order valence-electron chi connectivity index (χ1n) is 7.35. The number of benzene rings is 1. The standard InChI is InChI=1S/C17H18N2O3/c1-3-11-10-12(17(21)19(2)16(11)20)8-9-15-18-13-6-4-5-7-14(13)22-15/h4-7,10,21H,3,8-9H2,1-2H3. The molecule has 0 fully saturated rings. The summed E-state index contributed by atoms with van der Waals surface area (Å²) in [6, 6.07) is 9.39. The van der Waals surface area contributed by atoms with Gasteiger partial charge in [0.2, 0.25) is 0 Å². The second-order valence-electron chi connectivity index (χ2n) is 5.31. The number of hydrogen-bond donors (Lipinski definition) is 1. The van der Waals surface area contributed by atoms with Crippen molar-refractivity contribution >= 4 is 11.1 Å². The van der Waals surface area contributed by atoms with Crippen LogP contribution >= 0.6 is 0 Å². The van der Waals surface area contributed by atoms with Gasteiger partial charge in [-0.3, -0.25) is 9.36 Å². The van der Waals surface area contributed by atoms with Crippen molar-refractivity contribution in [3.63, 3.8) is 0 Å². The summed E-state index contributed by atoms with van der Waals surface area (Å²) < 4.78 is 6.97. The molecule has 0 aliphatic carbocycles. The number of aromatic hydroxyl groups is 1. The van der Waals surface area contributed by atoms with Crippen molar-refractivity contribution in [2.45, 2.75) is 26.2 Å². The zero-order chi connectivity index (χ0) is 15.7. The minimum absolute atomic E-state index is 0.0123. The lowest BCUT2D eigenvalue weighted by atomic mass is 10.1. The van der Waals surface area contributed by atoms with Crippen molar-refractivity contribution < 1.29 is 9.52 Å². The van der Waals surface area contributed by atoms with Crippen molar-refractivity contribution in [3.05, 3.63) is 57.7 Å². The zero-order valence-electron chi connectivity index (χ0n) is 12.7. The lowest BCUT2D eigenvalue weighted by Gasteiger charge is -2.10. The molecule has 2 heterocycles. The molecule has 2 aromatic heterocycles. The van der Waals surface area contributed by atoms with E-state index in [0.717, 1.165) is 16.7 Å². The lowest BCUT2D eigenvalue weighted by molar-refractivity contribution is 0.413. The monoisotopic (exact) mass is 298 g/mol. The molecule has 114 valence electrons. The number of nitrogens with zero attached hydrogens (tertiary/aromatic N) is 2. The number of oxazole rings is 1. The number of aryl methyl sites for hydroxylation is 3. The highest BCUT2D eigenvalue weighted by Crippen LogP contribution is 2.20. The highest BCUT2D eigenvalue weighted by Gasteiger charge is 2.12. The Kier molecular flexibility index (Phi) is 3.71. The number of pyridine rings is 1. The Morgan fingerprint density at radius 3 is 2.73 bits per heavy atom. The van der Waals surface area contributed by atoms with E-state index in [1.807, 2.05) is 31.2 Å². The van der Waals surface area contributed by atoms with E-state index in [1.54, 1.807) is 13.1 Å². The second kappa shape index (κ2) is 5.67. The number of fused-ring (bicyclic) bond motifs is 1. The van der Waals surface area contributed by atoms with E-state index in [9.17, 15) is 9.90 Å². The molecule has 0 aliphatic heterocycles. The summed E-state index contributed by atoms with van der Waals surface area (Å²) in [5.74, 6) is 0.644. The predicted molar refractivity (Wildman–Crippen MR) is 84.1 cm³/mol. The molecule has 0 amide bonds. The first-order chi connectivity index (χ1) is 10.6. The zero-order valence-corrected chi connectivity index (χ0v) is 12.7. The Balaban J connectivity index is 1.87. The molecule has 0 unspecified atom stereocenters. The van der Waals surface area contributed by atoms with Gasteiger partial charge < -0.3 is 9.52 Å². The van der Waals surface area contributed by atoms with E-state index in [1.165, 1.54) is 4.57 Å². The van der Waals surface area contributed by atoms with Crippen molar-refractivity contribution in [1.29, 1.82) is 0 Å². The fourth-order valence-electron chi connectivity index (χ4n) is 2.57. The fraction of sp³-hybridized carbons (Fsp3) is 0.294. The van der Waals surface area contributed by atoms with Gasteiger partial charge in [-0.05, 0) is 31.0 Å². The summed E-state index contributed by atoms with van der Waals surface area (Å²) in [4.78, 5) is 16.4. The van der Waals surface area contributed by atoms with Crippen molar-refractivity contribution in [3.8, 4) is 5.88 Å². The van der Waals surface area contributed by atoms with Crippen LogP contribution in [0.4, 0.5) is 0 Å². The van der Waals surface area contributed by atoms with Gasteiger partial charge in [0.15, 0.2) is 17.4 Å². The Labute approximate surface area is 127 Å². The summed E-state index contributed by atoms with van der Waals surface area (Å²) in [6.45, 7) is 1.93. The number of rotatable bonds is 4. The van der Waals surface area contributed by atoms with E-state index in [2.05, 4.69) is 4.98 Å². The lowest BCUT2D eigenvalue weighted by Crippen LogP contribution is -2.21. The number of para-hydroxylation sites is 2. The molecule has 5 nitrogen and oxygen atoms in total. The van der Waals surface area contributed by atoms with E-state index >= 15 is 0 Å². The second-order valence-corrected chi connectivity index (χ2v) is 5.31. The molecule has 3 aromatic rings. The number of aromatic nitrogens is 2. The summed E-state index contributed by atoms with van der Waals surface area (Å²) in [6.07, 6.45) is 1.78. The molecule has 5 heteroatoms. The summed E-state index contributed by atoms with van der Waals surface area (Å²) in [5.41, 5.74) is 2.88. The normalized spacial score (nSPS) is 11.2. The first-order valence-corrected chi connectivity index (χ1v) is 7.35. The van der Waals surface area contributed by atoms with E-state index < -0.39 is 0 Å². The Hall–Kier alpha value is -2.56. The van der Waals surface area contributed by atoms with Crippen LogP contribution in [0.15, 0.2) is 39.5 Å². The maximum absolute atomic E-state index is 11.9. The van der Waals surface area contributed by atoms with Crippen molar-refractivity contribution in [2.24, 2.45) is 7.05 Å². The van der Waals surface area contributed by atoms with Gasteiger partial charge in [0.25, 0.3) is 5.56 Å². The Bertz CT molecular complexity index is 844. The van der Waals surface area contributed by atoms with Gasteiger partial charge in [0.1, 0.15) is 5.52 Å². The molecule has 0 atom stereocenters. The molecule has 0 bridgehead atoms. The summed E-state index contributed by atoms with van der Waals surface area (Å²) in [5, 5.41) is 10.1. The highest BCUT2D eigenvalue weighted by molar-refractivity contribution is 5.72. The van der Waals surface area contributed by atoms with Crippen LogP contribution in [0.25, 0.3) is 11.1 Å². The maximum atomic E-state index is 11.9. The molecular weight excluding hydrogens is 280 g/mol. The average molecular weight is 298 g/mol. The highest BCUT2D eigenvalue weighted by atomic mass is 16.3. The van der Waals surface area contributed by atoms with Gasteiger partial charge in [0, 0.05) is 24.6 Å². The third-order valence-electron chi connectivity index (χ3n) is 3.86. The molecular formula is C17H18N2O3. The van der Waals surface area contributed by atoms with Crippen LogP contribution in [0.1, 0.15) is 23.9 Å². The number of hydrogen-bond acceptors (Lipinski definition) is 4. The molecule has 1 N–H and O–H groups in total. The van der Waals surface area contributed by atoms with Crippen LogP contribution in [0, 0.1) is 0 Å². The van der Waals surface area contributed by atoms with E-state index in [-0.39, 0.29) is 11.4 Å². The van der Waals surface area contributed by atoms with Gasteiger partial charge in [0.05, 0.1) is 0 Å². The van der Waals surface area contributed by atoms with Crippen LogP contribution in [0.5, 0.6) is 5.88 Å². The molecule has 0 spiro atoms. The quantitative estimate of drug-likeness (QED) is 0.804. The molecule has 0 saturated heterocycles. The molecule has 22 heavy (non-hydrogen) atoms. The van der Waals surface area contributed by atoms with Gasteiger partial charge in [-0.2, -0.15) is 0 Å². The van der Waals surface area contributed by atoms with Crippen LogP contribution in [-0.4, -0.2) is 14.7 Å². The van der Waals surface area contributed by atoms with Crippen LogP contribution in [0.2, 0.25) is 0 Å². The SMILES string of the molecule is CCc1cc(CCc2nc3ccccc3o2)c(O)n(C)c1=O. The fourth-order valence-corrected chi connectivity index (χ4v) is 2.57. The maximum Gasteiger partial charge on any atom is 0.256 e. The van der Waals surface area contributed by atoms with E-state index in [0.29, 0.717) is 30.7 Å². The largest absolute Gasteiger partial charge is 0.494 e. The molecule has 3 rings (SSSR count). The van der Waals surface area contributed by atoms with Crippen LogP contribution in [0.3, 0.4) is 0 Å². The van der Waals surface area contributed by atoms with Gasteiger partial charge in [-0.25, -0.2) is 4.98 Å². The van der Waals surface area contributed by atoms with Gasteiger partial charge >= 0.3 is 0 Å². The van der Waals surface area contributed by atoms with Crippen molar-refractivity contribution in [2.75, 3.05) is 0 Å². The Morgan fingerprint density at radius 1 is 1.23 bits per heavy atom. The topological polar surface area (TPSA) is 68.3 Å². The molecule has 0 saturated carbocycles. The van der Waals surface area contributed by atoms with E-state index in [4.69, 9.17) is 4.42 Å². The smallest absolute Gasteiger partial charge is 0.256 e. The van der Waals surface area contributed by atoms with Gasteiger partial charge in [-0.1, -0.05) is 19.1 Å². The first kappa shape index (κ1) is 14.4. The predicted octanol–water partition coefficient (Wildman–Crippen LogP) is 2.58. The third kappa shape index (κ3) is 2.50. The average Bonchev–Trinajstić information content (AvgIpc) is 2.95. The molecule has 0 aliphatic rings. The van der Waals surface area contributed by atoms with Crippen LogP contribution < -0.4 is 5.56 Å². The molecule has 0 radical (unpaired) electrons. The Morgan fingerprint density at radius 2 is 2.00 bits per heavy atom. The summed E-state index contributed by atoms with van der Waals surface area (Å²) >= 11 is 0.